The van der Waals surface area contributed by atoms with Crippen LogP contribution in [0.3, 0.4) is 0 Å². The molecule has 0 spiro atoms. The number of carbonyl (C=O) groups is 1. The lowest BCUT2D eigenvalue weighted by molar-refractivity contribution is 0.0912. The van der Waals surface area contributed by atoms with Gasteiger partial charge in [-0.3, -0.25) is 9.69 Å². The Bertz CT molecular complexity index is 875. The molecule has 1 aromatic heterocycles. The summed E-state index contributed by atoms with van der Waals surface area (Å²) in [6, 6.07) is 7.76. The molecular formula is C23H31ClN4O. The maximum Gasteiger partial charge on any atom is 0.255 e. The minimum absolute atomic E-state index is 0.0373. The Hall–Kier alpha value is -2.11. The van der Waals surface area contributed by atoms with Crippen LogP contribution < -0.4 is 5.32 Å². The summed E-state index contributed by atoms with van der Waals surface area (Å²) in [7, 11) is 0. The van der Waals surface area contributed by atoms with Gasteiger partial charge in [0.25, 0.3) is 5.91 Å². The van der Waals surface area contributed by atoms with Gasteiger partial charge in [-0.2, -0.15) is 5.10 Å². The second-order valence-corrected chi connectivity index (χ2v) is 8.76. The molecule has 6 heteroatoms. The van der Waals surface area contributed by atoms with E-state index < -0.39 is 0 Å². The molecule has 1 saturated heterocycles. The normalized spacial score (nSPS) is 15.5. The highest BCUT2D eigenvalue weighted by Crippen LogP contribution is 2.25. The molecular weight excluding hydrogens is 384 g/mol. The maximum absolute atomic E-state index is 13.0. The van der Waals surface area contributed by atoms with E-state index in [2.05, 4.69) is 49.1 Å². The monoisotopic (exact) mass is 414 g/mol. The summed E-state index contributed by atoms with van der Waals surface area (Å²) in [6.45, 7) is 11.4. The lowest BCUT2D eigenvalue weighted by Gasteiger charge is -2.31. The largest absolute Gasteiger partial charge is 0.349 e. The van der Waals surface area contributed by atoms with Crippen LogP contribution in [0.2, 0.25) is 5.02 Å². The van der Waals surface area contributed by atoms with Crippen molar-refractivity contribution in [1.29, 1.82) is 0 Å². The Morgan fingerprint density at radius 2 is 2.03 bits per heavy atom. The van der Waals surface area contributed by atoms with Crippen LogP contribution in [-0.4, -0.2) is 46.3 Å². The molecule has 0 bridgehead atoms. The molecule has 29 heavy (non-hydrogen) atoms. The van der Waals surface area contributed by atoms with Crippen molar-refractivity contribution in [2.75, 3.05) is 19.6 Å². The lowest BCUT2D eigenvalue weighted by atomic mass is 10.0. The first-order valence-electron chi connectivity index (χ1n) is 10.4. The third kappa shape index (κ3) is 5.49. The van der Waals surface area contributed by atoms with E-state index >= 15 is 0 Å². The summed E-state index contributed by atoms with van der Waals surface area (Å²) >= 11 is 6.15. The molecule has 0 saturated carbocycles. The molecule has 1 aromatic carbocycles. The molecule has 0 atom stereocenters. The zero-order chi connectivity index (χ0) is 21.0. The first-order chi connectivity index (χ1) is 13.8. The Morgan fingerprint density at radius 3 is 2.66 bits per heavy atom. The van der Waals surface area contributed by atoms with Crippen molar-refractivity contribution in [2.45, 2.75) is 52.5 Å². The van der Waals surface area contributed by atoms with Crippen molar-refractivity contribution in [3.05, 3.63) is 58.4 Å². The van der Waals surface area contributed by atoms with Crippen molar-refractivity contribution in [3.8, 4) is 5.69 Å². The number of aromatic nitrogens is 2. The number of allylic oxidation sites excluding steroid dienone is 1. The third-order valence-corrected chi connectivity index (χ3v) is 5.57. The van der Waals surface area contributed by atoms with Gasteiger partial charge < -0.3 is 5.32 Å². The van der Waals surface area contributed by atoms with E-state index in [1.165, 1.54) is 5.57 Å². The topological polar surface area (TPSA) is 50.2 Å². The van der Waals surface area contributed by atoms with E-state index in [1.807, 2.05) is 28.9 Å². The van der Waals surface area contributed by atoms with E-state index in [-0.39, 0.29) is 17.9 Å². The Labute approximate surface area is 178 Å². The van der Waals surface area contributed by atoms with Crippen molar-refractivity contribution >= 4 is 17.5 Å². The van der Waals surface area contributed by atoms with Gasteiger partial charge in [-0.1, -0.05) is 43.2 Å². The SMILES string of the molecule is CC(C)=CCN1CCC(NC(=O)c2cnn(-c3cccc(Cl)c3)c2C(C)C)CC1. The molecule has 3 rings (SSSR count). The van der Waals surface area contributed by atoms with Gasteiger partial charge in [0.05, 0.1) is 23.1 Å². The molecule has 0 unspecified atom stereocenters. The third-order valence-electron chi connectivity index (χ3n) is 5.33. The molecule has 156 valence electrons. The summed E-state index contributed by atoms with van der Waals surface area (Å²) in [5, 5.41) is 8.38. The predicted molar refractivity (Wildman–Crippen MR) is 119 cm³/mol. The Balaban J connectivity index is 1.70. The summed E-state index contributed by atoms with van der Waals surface area (Å²) < 4.78 is 1.83. The first-order valence-corrected chi connectivity index (χ1v) is 10.7. The van der Waals surface area contributed by atoms with Crippen LogP contribution in [0.1, 0.15) is 62.5 Å². The average molecular weight is 415 g/mol. The summed E-state index contributed by atoms with van der Waals surface area (Å²) in [6.07, 6.45) is 5.89. The molecule has 2 heterocycles. The molecule has 0 aliphatic carbocycles. The number of piperidine rings is 1. The summed E-state index contributed by atoms with van der Waals surface area (Å²) in [4.78, 5) is 15.5. The number of likely N-dealkylation sites (tertiary alicyclic amines) is 1. The fourth-order valence-electron chi connectivity index (χ4n) is 3.74. The number of hydrogen-bond acceptors (Lipinski definition) is 3. The van der Waals surface area contributed by atoms with Gasteiger partial charge in [0.15, 0.2) is 0 Å². The molecule has 1 aliphatic rings. The van der Waals surface area contributed by atoms with Crippen molar-refractivity contribution in [1.82, 2.24) is 20.0 Å². The van der Waals surface area contributed by atoms with Crippen molar-refractivity contribution in [2.24, 2.45) is 0 Å². The fraction of sp³-hybridized carbons (Fsp3) is 0.478. The number of rotatable bonds is 6. The minimum Gasteiger partial charge on any atom is -0.349 e. The Morgan fingerprint density at radius 1 is 1.31 bits per heavy atom. The molecule has 5 nitrogen and oxygen atoms in total. The van der Waals surface area contributed by atoms with Gasteiger partial charge >= 0.3 is 0 Å². The zero-order valence-electron chi connectivity index (χ0n) is 17.8. The van der Waals surface area contributed by atoms with Gasteiger partial charge in [-0.05, 0) is 50.8 Å². The smallest absolute Gasteiger partial charge is 0.255 e. The van der Waals surface area contributed by atoms with E-state index in [0.717, 1.165) is 43.9 Å². The van der Waals surface area contributed by atoms with E-state index in [1.54, 1.807) is 6.20 Å². The van der Waals surface area contributed by atoms with Crippen LogP contribution in [0.15, 0.2) is 42.1 Å². The number of hydrogen-bond donors (Lipinski definition) is 1. The summed E-state index contributed by atoms with van der Waals surface area (Å²) in [5.41, 5.74) is 3.77. The van der Waals surface area contributed by atoms with Gasteiger partial charge in [0.2, 0.25) is 0 Å². The van der Waals surface area contributed by atoms with Crippen molar-refractivity contribution < 1.29 is 4.79 Å². The average Bonchev–Trinajstić information content (AvgIpc) is 3.13. The molecule has 1 aliphatic heterocycles. The predicted octanol–water partition coefficient (Wildman–Crippen LogP) is 4.81. The number of benzene rings is 1. The van der Waals surface area contributed by atoms with Crippen LogP contribution in [0.5, 0.6) is 0 Å². The highest BCUT2D eigenvalue weighted by molar-refractivity contribution is 6.30. The lowest BCUT2D eigenvalue weighted by Crippen LogP contribution is -2.44. The fourth-order valence-corrected chi connectivity index (χ4v) is 3.92. The molecule has 1 fully saturated rings. The van der Waals surface area contributed by atoms with Gasteiger partial charge in [-0.25, -0.2) is 4.68 Å². The number of halogens is 1. The van der Waals surface area contributed by atoms with Gasteiger partial charge in [-0.15, -0.1) is 0 Å². The second-order valence-electron chi connectivity index (χ2n) is 8.32. The van der Waals surface area contributed by atoms with Crippen LogP contribution in [0.25, 0.3) is 5.69 Å². The summed E-state index contributed by atoms with van der Waals surface area (Å²) in [5.74, 6) is 0.118. The molecule has 0 radical (unpaired) electrons. The van der Waals surface area contributed by atoms with E-state index in [4.69, 9.17) is 11.6 Å². The molecule has 1 N–H and O–H groups in total. The van der Waals surface area contributed by atoms with Crippen LogP contribution >= 0.6 is 11.6 Å². The number of carbonyl (C=O) groups excluding carboxylic acids is 1. The molecule has 2 aromatic rings. The van der Waals surface area contributed by atoms with Crippen LogP contribution in [0, 0.1) is 0 Å². The van der Waals surface area contributed by atoms with Crippen molar-refractivity contribution in [3.63, 3.8) is 0 Å². The quantitative estimate of drug-likeness (QED) is 0.690. The number of amides is 1. The first kappa shape index (κ1) is 21.6. The van der Waals surface area contributed by atoms with Crippen LogP contribution in [-0.2, 0) is 0 Å². The minimum atomic E-state index is -0.0373. The second kappa shape index (κ2) is 9.59. The maximum atomic E-state index is 13.0. The van der Waals surface area contributed by atoms with E-state index in [9.17, 15) is 4.79 Å². The highest BCUT2D eigenvalue weighted by Gasteiger charge is 2.25. The highest BCUT2D eigenvalue weighted by atomic mass is 35.5. The zero-order valence-corrected chi connectivity index (χ0v) is 18.5. The molecule has 1 amide bonds. The Kier molecular flexibility index (Phi) is 7.14. The van der Waals surface area contributed by atoms with E-state index in [0.29, 0.717) is 10.6 Å². The van der Waals surface area contributed by atoms with Crippen LogP contribution in [0.4, 0.5) is 0 Å². The number of nitrogens with one attached hydrogen (secondary N) is 1. The standard InChI is InChI=1S/C23H31ClN4O/c1-16(2)8-11-27-12-9-19(10-13-27)26-23(29)21-15-25-28(22(21)17(3)4)20-7-5-6-18(24)14-20/h5-8,14-15,17,19H,9-13H2,1-4H3,(H,26,29). The van der Waals surface area contributed by atoms with Gasteiger partial charge in [0.1, 0.15) is 0 Å². The van der Waals surface area contributed by atoms with Gasteiger partial charge in [0, 0.05) is 30.7 Å². The number of nitrogens with zero attached hydrogens (tertiary/aromatic N) is 3.